The minimum atomic E-state index is -0.0277. The number of ether oxygens (including phenoxy) is 1. The van der Waals surface area contributed by atoms with Gasteiger partial charge in [0.05, 0.1) is 18.4 Å². The highest BCUT2D eigenvalue weighted by Crippen LogP contribution is 2.15. The first-order valence-corrected chi connectivity index (χ1v) is 6.71. The second-order valence-electron chi connectivity index (χ2n) is 4.89. The van der Waals surface area contributed by atoms with E-state index in [0.717, 1.165) is 35.5 Å². The third-order valence-corrected chi connectivity index (χ3v) is 3.50. The maximum atomic E-state index is 12.0. The lowest BCUT2D eigenvalue weighted by Crippen LogP contribution is -2.32. The van der Waals surface area contributed by atoms with Crippen LogP contribution in [0.15, 0.2) is 29.1 Å². The first-order valence-electron chi connectivity index (χ1n) is 6.71. The molecule has 0 aliphatic carbocycles. The van der Waals surface area contributed by atoms with Crippen LogP contribution in [0.1, 0.15) is 22.6 Å². The molecule has 1 aromatic carbocycles. The van der Waals surface area contributed by atoms with Crippen LogP contribution in [0.3, 0.4) is 0 Å². The molecule has 2 heterocycles. The van der Waals surface area contributed by atoms with Crippen LogP contribution in [0.5, 0.6) is 5.75 Å². The average molecular weight is 271 g/mol. The van der Waals surface area contributed by atoms with Crippen LogP contribution in [0.4, 0.5) is 0 Å². The molecule has 3 rings (SSSR count). The molecule has 1 aromatic heterocycles. The molecule has 0 amide bonds. The van der Waals surface area contributed by atoms with Gasteiger partial charge in [-0.15, -0.1) is 0 Å². The molecular weight excluding hydrogens is 254 g/mol. The van der Waals surface area contributed by atoms with Crippen molar-refractivity contribution in [2.24, 2.45) is 0 Å². The van der Waals surface area contributed by atoms with Crippen LogP contribution in [0, 0.1) is 0 Å². The van der Waals surface area contributed by atoms with Gasteiger partial charge in [0, 0.05) is 25.9 Å². The molecule has 104 valence electrons. The molecule has 2 N–H and O–H groups in total. The van der Waals surface area contributed by atoms with Gasteiger partial charge in [-0.2, -0.15) is 0 Å². The Morgan fingerprint density at radius 3 is 3.15 bits per heavy atom. The largest absolute Gasteiger partial charge is 0.497 e. The molecule has 1 aliphatic heterocycles. The Morgan fingerprint density at radius 1 is 1.40 bits per heavy atom. The summed E-state index contributed by atoms with van der Waals surface area (Å²) in [5.41, 5.74) is 2.73. The fourth-order valence-electron chi connectivity index (χ4n) is 2.46. The van der Waals surface area contributed by atoms with Crippen molar-refractivity contribution in [3.05, 3.63) is 57.3 Å². The van der Waals surface area contributed by atoms with Gasteiger partial charge < -0.3 is 15.0 Å². The van der Waals surface area contributed by atoms with Crippen LogP contribution in [0.2, 0.25) is 0 Å². The first-order chi connectivity index (χ1) is 9.76. The summed E-state index contributed by atoms with van der Waals surface area (Å²) in [5, 5.41) is 3.19. The third kappa shape index (κ3) is 2.58. The highest BCUT2D eigenvalue weighted by atomic mass is 16.5. The molecule has 0 radical (unpaired) electrons. The Balaban J connectivity index is 1.91. The summed E-state index contributed by atoms with van der Waals surface area (Å²) < 4.78 is 5.21. The molecule has 20 heavy (non-hydrogen) atoms. The predicted octanol–water partition coefficient (Wildman–Crippen LogP) is 1.01. The topological polar surface area (TPSA) is 67.0 Å². The fraction of sp³-hybridized carbons (Fsp3) is 0.333. The standard InChI is InChI=1S/C15H17N3O2/c1-20-11-4-2-3-10(7-11)8-14-17-13-5-6-16-9-12(13)15(19)18-14/h2-4,7,16H,5-6,8-9H2,1H3,(H,17,18,19). The van der Waals surface area contributed by atoms with Gasteiger partial charge in [0.1, 0.15) is 11.6 Å². The number of fused-ring (bicyclic) bond motifs is 1. The number of aromatic amines is 1. The van der Waals surface area contributed by atoms with Gasteiger partial charge in [-0.3, -0.25) is 4.79 Å². The maximum absolute atomic E-state index is 12.0. The van der Waals surface area contributed by atoms with E-state index in [1.165, 1.54) is 0 Å². The molecule has 5 nitrogen and oxygen atoms in total. The van der Waals surface area contributed by atoms with E-state index < -0.39 is 0 Å². The second-order valence-corrected chi connectivity index (χ2v) is 4.89. The normalized spacial score (nSPS) is 13.8. The summed E-state index contributed by atoms with van der Waals surface area (Å²) in [4.78, 5) is 19.5. The minimum absolute atomic E-state index is 0.0277. The van der Waals surface area contributed by atoms with E-state index in [1.807, 2.05) is 24.3 Å². The molecule has 1 aliphatic rings. The molecule has 0 atom stereocenters. The number of benzene rings is 1. The van der Waals surface area contributed by atoms with Gasteiger partial charge in [-0.25, -0.2) is 4.98 Å². The number of H-pyrrole nitrogens is 1. The van der Waals surface area contributed by atoms with E-state index in [0.29, 0.717) is 18.8 Å². The van der Waals surface area contributed by atoms with Crippen LogP contribution < -0.4 is 15.6 Å². The molecule has 0 spiro atoms. The lowest BCUT2D eigenvalue weighted by molar-refractivity contribution is 0.414. The van der Waals surface area contributed by atoms with Crippen molar-refractivity contribution in [1.29, 1.82) is 0 Å². The number of methoxy groups -OCH3 is 1. The van der Waals surface area contributed by atoms with Crippen molar-refractivity contribution in [2.75, 3.05) is 13.7 Å². The zero-order chi connectivity index (χ0) is 13.9. The number of hydrogen-bond acceptors (Lipinski definition) is 4. The Morgan fingerprint density at radius 2 is 2.30 bits per heavy atom. The van der Waals surface area contributed by atoms with Crippen molar-refractivity contribution in [1.82, 2.24) is 15.3 Å². The summed E-state index contributed by atoms with van der Waals surface area (Å²) in [6, 6.07) is 7.80. The molecule has 2 aromatic rings. The smallest absolute Gasteiger partial charge is 0.255 e. The van der Waals surface area contributed by atoms with Gasteiger partial charge in [-0.1, -0.05) is 12.1 Å². The monoisotopic (exact) mass is 271 g/mol. The van der Waals surface area contributed by atoms with E-state index in [4.69, 9.17) is 4.74 Å². The molecule has 0 fully saturated rings. The molecule has 0 bridgehead atoms. The van der Waals surface area contributed by atoms with E-state index in [9.17, 15) is 4.79 Å². The van der Waals surface area contributed by atoms with Crippen LogP contribution in [-0.4, -0.2) is 23.6 Å². The summed E-state index contributed by atoms with van der Waals surface area (Å²) in [6.45, 7) is 1.49. The first kappa shape index (κ1) is 12.9. The summed E-state index contributed by atoms with van der Waals surface area (Å²) >= 11 is 0. The number of aromatic nitrogens is 2. The highest BCUT2D eigenvalue weighted by molar-refractivity contribution is 5.31. The van der Waals surface area contributed by atoms with Gasteiger partial charge in [-0.05, 0) is 17.7 Å². The predicted molar refractivity (Wildman–Crippen MR) is 76.1 cm³/mol. The number of nitrogens with zero attached hydrogens (tertiary/aromatic N) is 1. The Bertz CT molecular complexity index is 679. The molecule has 0 saturated carbocycles. The van der Waals surface area contributed by atoms with Gasteiger partial charge in [0.2, 0.25) is 0 Å². The van der Waals surface area contributed by atoms with Crippen molar-refractivity contribution in [3.63, 3.8) is 0 Å². The number of rotatable bonds is 3. The van der Waals surface area contributed by atoms with Gasteiger partial charge in [0.25, 0.3) is 5.56 Å². The third-order valence-electron chi connectivity index (χ3n) is 3.50. The van der Waals surface area contributed by atoms with Crippen LogP contribution >= 0.6 is 0 Å². The number of hydrogen-bond donors (Lipinski definition) is 2. The SMILES string of the molecule is COc1cccc(Cc2nc3c(c(=O)[nH]2)CNCC3)c1. The summed E-state index contributed by atoms with van der Waals surface area (Å²) in [5.74, 6) is 1.52. The maximum Gasteiger partial charge on any atom is 0.255 e. The van der Waals surface area contributed by atoms with Gasteiger partial charge >= 0.3 is 0 Å². The lowest BCUT2D eigenvalue weighted by atomic mass is 10.1. The highest BCUT2D eigenvalue weighted by Gasteiger charge is 2.15. The van der Waals surface area contributed by atoms with E-state index in [2.05, 4.69) is 15.3 Å². The van der Waals surface area contributed by atoms with Crippen LogP contribution in [-0.2, 0) is 19.4 Å². The van der Waals surface area contributed by atoms with Crippen molar-refractivity contribution >= 4 is 0 Å². The summed E-state index contributed by atoms with van der Waals surface area (Å²) in [6.07, 6.45) is 1.41. The zero-order valence-electron chi connectivity index (χ0n) is 11.4. The molecular formula is C15H17N3O2. The van der Waals surface area contributed by atoms with Crippen molar-refractivity contribution in [2.45, 2.75) is 19.4 Å². The zero-order valence-corrected chi connectivity index (χ0v) is 11.4. The van der Waals surface area contributed by atoms with E-state index in [1.54, 1.807) is 7.11 Å². The molecule has 0 saturated heterocycles. The number of nitrogens with one attached hydrogen (secondary N) is 2. The van der Waals surface area contributed by atoms with Crippen molar-refractivity contribution < 1.29 is 4.74 Å². The second kappa shape index (κ2) is 5.46. The Labute approximate surface area is 117 Å². The molecule has 5 heteroatoms. The average Bonchev–Trinajstić information content (AvgIpc) is 2.47. The van der Waals surface area contributed by atoms with Crippen molar-refractivity contribution in [3.8, 4) is 5.75 Å². The van der Waals surface area contributed by atoms with E-state index in [-0.39, 0.29) is 5.56 Å². The quantitative estimate of drug-likeness (QED) is 0.874. The summed E-state index contributed by atoms with van der Waals surface area (Å²) in [7, 11) is 1.64. The Hall–Kier alpha value is -2.14. The molecule has 0 unspecified atom stereocenters. The van der Waals surface area contributed by atoms with E-state index >= 15 is 0 Å². The van der Waals surface area contributed by atoms with Crippen LogP contribution in [0.25, 0.3) is 0 Å². The minimum Gasteiger partial charge on any atom is -0.497 e. The fourth-order valence-corrected chi connectivity index (χ4v) is 2.46. The van der Waals surface area contributed by atoms with Gasteiger partial charge in [0.15, 0.2) is 0 Å². The lowest BCUT2D eigenvalue weighted by Gasteiger charge is -2.16. The Kier molecular flexibility index (Phi) is 3.52.